The largest absolute Gasteiger partial charge is 0.454 e. The lowest BCUT2D eigenvalue weighted by atomic mass is 10.2. The number of fused-ring (bicyclic) bond motifs is 2. The molecule has 4 rings (SSSR count). The zero-order valence-electron chi connectivity index (χ0n) is 12.1. The van der Waals surface area contributed by atoms with Crippen LogP contribution >= 0.6 is 0 Å². The van der Waals surface area contributed by atoms with Crippen LogP contribution < -0.4 is 30.4 Å². The standard InChI is InChI=1S/2C8H9NO2/c2*9-4-6-1-2-7-8(3-6)11-5-10-7/h2*1-3H,4-5,9H2. The highest BCUT2D eigenvalue weighted by Crippen LogP contribution is 2.32. The molecule has 0 bridgehead atoms. The monoisotopic (exact) mass is 302 g/mol. The SMILES string of the molecule is NCc1ccc2c(c1)OCO2.NCc1ccc2c(c1)OCO2. The molecule has 22 heavy (non-hydrogen) atoms. The summed E-state index contributed by atoms with van der Waals surface area (Å²) >= 11 is 0. The van der Waals surface area contributed by atoms with Crippen molar-refractivity contribution in [2.24, 2.45) is 11.5 Å². The van der Waals surface area contributed by atoms with Crippen LogP contribution in [0.3, 0.4) is 0 Å². The van der Waals surface area contributed by atoms with E-state index in [-0.39, 0.29) is 0 Å². The summed E-state index contributed by atoms with van der Waals surface area (Å²) in [6.45, 7) is 1.72. The number of ether oxygens (including phenoxy) is 4. The molecule has 6 nitrogen and oxygen atoms in total. The first-order chi connectivity index (χ1) is 10.8. The van der Waals surface area contributed by atoms with E-state index in [1.165, 1.54) is 0 Å². The maximum atomic E-state index is 5.45. The second-order valence-corrected chi connectivity index (χ2v) is 4.78. The molecular weight excluding hydrogens is 284 g/mol. The van der Waals surface area contributed by atoms with Crippen molar-refractivity contribution in [3.8, 4) is 23.0 Å². The third-order valence-corrected chi connectivity index (χ3v) is 3.35. The van der Waals surface area contributed by atoms with Crippen molar-refractivity contribution in [2.45, 2.75) is 13.1 Å². The highest BCUT2D eigenvalue weighted by molar-refractivity contribution is 5.45. The fourth-order valence-electron chi connectivity index (χ4n) is 2.14. The van der Waals surface area contributed by atoms with Crippen molar-refractivity contribution >= 4 is 0 Å². The molecule has 2 aromatic carbocycles. The maximum Gasteiger partial charge on any atom is 0.231 e. The van der Waals surface area contributed by atoms with Crippen molar-refractivity contribution in [3.63, 3.8) is 0 Å². The number of hydrogen-bond donors (Lipinski definition) is 2. The summed E-state index contributed by atoms with van der Waals surface area (Å²) in [5.74, 6) is 3.21. The summed E-state index contributed by atoms with van der Waals surface area (Å²) < 4.78 is 20.6. The molecule has 6 heteroatoms. The van der Waals surface area contributed by atoms with Crippen LogP contribution in [0.15, 0.2) is 36.4 Å². The lowest BCUT2D eigenvalue weighted by Crippen LogP contribution is -1.95. The van der Waals surface area contributed by atoms with E-state index in [0.717, 1.165) is 34.1 Å². The lowest BCUT2D eigenvalue weighted by Gasteiger charge is -1.97. The van der Waals surface area contributed by atoms with Crippen LogP contribution in [0.2, 0.25) is 0 Å². The second kappa shape index (κ2) is 6.55. The van der Waals surface area contributed by atoms with Gasteiger partial charge in [-0.05, 0) is 35.4 Å². The van der Waals surface area contributed by atoms with Gasteiger partial charge < -0.3 is 30.4 Å². The Kier molecular flexibility index (Phi) is 4.32. The van der Waals surface area contributed by atoms with E-state index in [4.69, 9.17) is 30.4 Å². The van der Waals surface area contributed by atoms with E-state index in [0.29, 0.717) is 26.7 Å². The van der Waals surface area contributed by atoms with Crippen molar-refractivity contribution < 1.29 is 18.9 Å². The van der Waals surface area contributed by atoms with E-state index in [1.54, 1.807) is 0 Å². The molecule has 0 aromatic heterocycles. The van der Waals surface area contributed by atoms with Gasteiger partial charge in [-0.3, -0.25) is 0 Å². The zero-order chi connectivity index (χ0) is 15.4. The van der Waals surface area contributed by atoms with Gasteiger partial charge in [-0.25, -0.2) is 0 Å². The minimum absolute atomic E-state index is 0.323. The fourth-order valence-corrected chi connectivity index (χ4v) is 2.14. The summed E-state index contributed by atoms with van der Waals surface area (Å²) in [5, 5.41) is 0. The van der Waals surface area contributed by atoms with Crippen LogP contribution in [0.4, 0.5) is 0 Å². The van der Waals surface area contributed by atoms with Crippen molar-refractivity contribution in [3.05, 3.63) is 47.5 Å². The summed E-state index contributed by atoms with van der Waals surface area (Å²) in [5.41, 5.74) is 13.0. The number of rotatable bonds is 2. The smallest absolute Gasteiger partial charge is 0.231 e. The molecule has 0 unspecified atom stereocenters. The van der Waals surface area contributed by atoms with Crippen molar-refractivity contribution in [1.82, 2.24) is 0 Å². The Labute approximate surface area is 128 Å². The Hall–Kier alpha value is -2.44. The molecular formula is C16H18N2O4. The molecule has 0 aliphatic carbocycles. The quantitative estimate of drug-likeness (QED) is 0.878. The van der Waals surface area contributed by atoms with Gasteiger partial charge in [0, 0.05) is 13.1 Å². The van der Waals surface area contributed by atoms with Gasteiger partial charge in [0.15, 0.2) is 23.0 Å². The van der Waals surface area contributed by atoms with E-state index in [2.05, 4.69) is 0 Å². The molecule has 2 aliphatic heterocycles. The van der Waals surface area contributed by atoms with Crippen LogP contribution in [0, 0.1) is 0 Å². The van der Waals surface area contributed by atoms with Gasteiger partial charge in [-0.2, -0.15) is 0 Å². The lowest BCUT2D eigenvalue weighted by molar-refractivity contribution is 0.173. The molecule has 0 fully saturated rings. The molecule has 0 radical (unpaired) electrons. The molecule has 0 atom stereocenters. The average Bonchev–Trinajstić information content (AvgIpc) is 3.22. The van der Waals surface area contributed by atoms with Crippen LogP contribution in [-0.4, -0.2) is 13.6 Å². The fraction of sp³-hybridized carbons (Fsp3) is 0.250. The van der Waals surface area contributed by atoms with Gasteiger partial charge in [0.2, 0.25) is 13.6 Å². The highest BCUT2D eigenvalue weighted by atomic mass is 16.7. The molecule has 0 spiro atoms. The molecule has 2 aliphatic rings. The van der Waals surface area contributed by atoms with Gasteiger partial charge in [-0.1, -0.05) is 12.1 Å². The third kappa shape index (κ3) is 3.08. The van der Waals surface area contributed by atoms with E-state index >= 15 is 0 Å². The maximum absolute atomic E-state index is 5.45. The van der Waals surface area contributed by atoms with Crippen LogP contribution in [-0.2, 0) is 13.1 Å². The first-order valence-electron chi connectivity index (χ1n) is 6.97. The van der Waals surface area contributed by atoms with E-state index < -0.39 is 0 Å². The minimum atomic E-state index is 0.323. The summed E-state index contributed by atoms with van der Waals surface area (Å²) in [4.78, 5) is 0. The Morgan fingerprint density at radius 1 is 0.636 bits per heavy atom. The first kappa shape index (κ1) is 14.5. The normalized spacial score (nSPS) is 13.5. The Bertz CT molecular complexity index is 603. The van der Waals surface area contributed by atoms with E-state index in [9.17, 15) is 0 Å². The minimum Gasteiger partial charge on any atom is -0.454 e. The summed E-state index contributed by atoms with van der Waals surface area (Å²) in [6, 6.07) is 11.4. The summed E-state index contributed by atoms with van der Waals surface area (Å²) in [7, 11) is 0. The molecule has 0 saturated carbocycles. The predicted octanol–water partition coefficient (Wildman–Crippen LogP) is 1.75. The molecule has 0 saturated heterocycles. The Morgan fingerprint density at radius 3 is 1.45 bits per heavy atom. The van der Waals surface area contributed by atoms with Crippen molar-refractivity contribution in [2.75, 3.05) is 13.6 Å². The first-order valence-corrected chi connectivity index (χ1v) is 6.97. The van der Waals surface area contributed by atoms with Crippen molar-refractivity contribution in [1.29, 1.82) is 0 Å². The van der Waals surface area contributed by atoms with Crippen LogP contribution in [0.25, 0.3) is 0 Å². The Balaban J connectivity index is 0.000000131. The molecule has 0 amide bonds. The number of benzene rings is 2. The second-order valence-electron chi connectivity index (χ2n) is 4.78. The van der Waals surface area contributed by atoms with Gasteiger partial charge in [0.1, 0.15) is 0 Å². The average molecular weight is 302 g/mol. The molecule has 116 valence electrons. The van der Waals surface area contributed by atoms with E-state index in [1.807, 2.05) is 36.4 Å². The molecule has 2 heterocycles. The summed E-state index contributed by atoms with van der Waals surface area (Å²) in [6.07, 6.45) is 0. The number of hydrogen-bond acceptors (Lipinski definition) is 6. The predicted molar refractivity (Wildman–Crippen MR) is 80.9 cm³/mol. The zero-order valence-corrected chi connectivity index (χ0v) is 12.1. The number of nitrogens with two attached hydrogens (primary N) is 2. The highest BCUT2D eigenvalue weighted by Gasteiger charge is 2.12. The third-order valence-electron chi connectivity index (χ3n) is 3.35. The Morgan fingerprint density at radius 2 is 1.05 bits per heavy atom. The van der Waals surface area contributed by atoms with Gasteiger partial charge in [-0.15, -0.1) is 0 Å². The molecule has 4 N–H and O–H groups in total. The van der Waals surface area contributed by atoms with Gasteiger partial charge in [0.05, 0.1) is 0 Å². The molecule has 2 aromatic rings. The van der Waals surface area contributed by atoms with Crippen LogP contribution in [0.5, 0.6) is 23.0 Å². The van der Waals surface area contributed by atoms with Gasteiger partial charge in [0.25, 0.3) is 0 Å². The van der Waals surface area contributed by atoms with Gasteiger partial charge >= 0.3 is 0 Å². The topological polar surface area (TPSA) is 89.0 Å². The van der Waals surface area contributed by atoms with Crippen LogP contribution in [0.1, 0.15) is 11.1 Å².